The molecular formula is C21H16N2O7. The van der Waals surface area contributed by atoms with E-state index in [1.165, 1.54) is 42.5 Å². The number of ether oxygens (including phenoxy) is 1. The molecule has 0 aromatic heterocycles. The number of esters is 1. The number of non-ortho nitro benzene ring substituents is 1. The van der Waals surface area contributed by atoms with Gasteiger partial charge in [-0.15, -0.1) is 0 Å². The van der Waals surface area contributed by atoms with Gasteiger partial charge in [0.25, 0.3) is 17.5 Å². The topological polar surface area (TPSA) is 124 Å². The quantitative estimate of drug-likeness (QED) is 0.131. The van der Waals surface area contributed by atoms with Crippen LogP contribution in [0.25, 0.3) is 6.08 Å². The van der Waals surface area contributed by atoms with Gasteiger partial charge in [-0.3, -0.25) is 29.4 Å². The largest absolute Gasteiger partial charge is 0.460 e. The maximum absolute atomic E-state index is 12.3. The molecule has 0 spiro atoms. The zero-order valence-corrected chi connectivity index (χ0v) is 15.9. The van der Waals surface area contributed by atoms with Crippen LogP contribution in [0.2, 0.25) is 0 Å². The summed E-state index contributed by atoms with van der Waals surface area (Å²) in [5.41, 5.74) is 0.350. The molecule has 2 aromatic carbocycles. The van der Waals surface area contributed by atoms with E-state index >= 15 is 0 Å². The summed E-state index contributed by atoms with van der Waals surface area (Å²) in [6.45, 7) is 0.693. The summed E-state index contributed by atoms with van der Waals surface area (Å²) >= 11 is 0. The number of nitrogens with zero attached hydrogens (tertiary/aromatic N) is 2. The second-order valence-electron chi connectivity index (χ2n) is 6.41. The van der Waals surface area contributed by atoms with Gasteiger partial charge in [0.05, 0.1) is 22.6 Å². The van der Waals surface area contributed by atoms with Crippen molar-refractivity contribution in [1.29, 1.82) is 0 Å². The van der Waals surface area contributed by atoms with E-state index in [1.807, 2.05) is 0 Å². The minimum Gasteiger partial charge on any atom is -0.460 e. The average Bonchev–Trinajstić information content (AvgIpc) is 2.97. The number of carbonyl (C=O) groups is 4. The van der Waals surface area contributed by atoms with E-state index in [0.29, 0.717) is 0 Å². The van der Waals surface area contributed by atoms with Gasteiger partial charge >= 0.3 is 5.97 Å². The highest BCUT2D eigenvalue weighted by Gasteiger charge is 2.35. The van der Waals surface area contributed by atoms with E-state index < -0.39 is 28.5 Å². The Balaban J connectivity index is 1.68. The number of carbonyl (C=O) groups excluding carboxylic acids is 4. The number of ketones is 1. The van der Waals surface area contributed by atoms with E-state index in [0.717, 1.165) is 11.8 Å². The van der Waals surface area contributed by atoms with Gasteiger partial charge in [0.1, 0.15) is 12.2 Å². The summed E-state index contributed by atoms with van der Waals surface area (Å²) in [4.78, 5) is 60.0. The van der Waals surface area contributed by atoms with Crippen LogP contribution >= 0.6 is 0 Å². The SMILES string of the molecule is CC(=O)C(=Cc1cccc([N+](=O)[O-])c1)C(=O)OCCN1C(=O)c2ccccc2C1=O. The molecule has 9 heteroatoms. The third-order valence-electron chi connectivity index (χ3n) is 4.42. The van der Waals surface area contributed by atoms with Crippen LogP contribution in [0.1, 0.15) is 33.2 Å². The van der Waals surface area contributed by atoms with Crippen molar-refractivity contribution in [3.05, 3.63) is 80.9 Å². The Morgan fingerprint density at radius 3 is 2.27 bits per heavy atom. The van der Waals surface area contributed by atoms with Crippen LogP contribution < -0.4 is 0 Å². The summed E-state index contributed by atoms with van der Waals surface area (Å²) < 4.78 is 5.06. The van der Waals surface area contributed by atoms with Crippen molar-refractivity contribution in [2.75, 3.05) is 13.2 Å². The minimum absolute atomic E-state index is 0.167. The fourth-order valence-electron chi connectivity index (χ4n) is 2.95. The molecule has 0 saturated heterocycles. The number of nitro groups is 1. The molecule has 1 heterocycles. The zero-order chi connectivity index (χ0) is 21.8. The van der Waals surface area contributed by atoms with Crippen molar-refractivity contribution >= 4 is 35.3 Å². The maximum Gasteiger partial charge on any atom is 0.341 e. The average molecular weight is 408 g/mol. The number of imide groups is 1. The fourth-order valence-corrected chi connectivity index (χ4v) is 2.95. The predicted octanol–water partition coefficient (Wildman–Crippen LogP) is 2.41. The van der Waals surface area contributed by atoms with Gasteiger partial charge in [-0.2, -0.15) is 0 Å². The third kappa shape index (κ3) is 4.14. The zero-order valence-electron chi connectivity index (χ0n) is 15.9. The first-order valence-corrected chi connectivity index (χ1v) is 8.89. The standard InChI is InChI=1S/C21H16N2O7/c1-13(24)18(12-14-5-4-6-15(11-14)23(28)29)21(27)30-10-9-22-19(25)16-7-2-3-8-17(16)20(22)26/h2-8,11-12H,9-10H2,1H3. The lowest BCUT2D eigenvalue weighted by Gasteiger charge is -2.14. The number of rotatable bonds is 7. The Hall–Kier alpha value is -4.14. The van der Waals surface area contributed by atoms with Crippen molar-refractivity contribution in [1.82, 2.24) is 4.90 Å². The molecule has 0 N–H and O–H groups in total. The molecule has 2 amide bonds. The van der Waals surface area contributed by atoms with Gasteiger partial charge in [-0.25, -0.2) is 4.79 Å². The smallest absolute Gasteiger partial charge is 0.341 e. The Morgan fingerprint density at radius 1 is 1.07 bits per heavy atom. The number of fused-ring (bicyclic) bond motifs is 1. The lowest BCUT2D eigenvalue weighted by molar-refractivity contribution is -0.384. The number of benzene rings is 2. The third-order valence-corrected chi connectivity index (χ3v) is 4.42. The van der Waals surface area contributed by atoms with Crippen molar-refractivity contribution in [2.24, 2.45) is 0 Å². The number of hydrogen-bond donors (Lipinski definition) is 0. The molecule has 0 atom stereocenters. The molecule has 2 aromatic rings. The Kier molecular flexibility index (Phi) is 5.82. The van der Waals surface area contributed by atoms with Gasteiger partial charge in [0.2, 0.25) is 0 Å². The molecule has 0 aliphatic carbocycles. The van der Waals surface area contributed by atoms with Gasteiger partial charge in [-0.05, 0) is 30.7 Å². The molecule has 1 aliphatic heterocycles. The van der Waals surface area contributed by atoms with E-state index in [-0.39, 0.29) is 41.1 Å². The highest BCUT2D eigenvalue weighted by molar-refractivity contribution is 6.21. The first kappa shape index (κ1) is 20.6. The van der Waals surface area contributed by atoms with Crippen LogP contribution in [0.5, 0.6) is 0 Å². The van der Waals surface area contributed by atoms with Crippen molar-refractivity contribution in [3.63, 3.8) is 0 Å². The summed E-state index contributed by atoms with van der Waals surface area (Å²) in [7, 11) is 0. The van der Waals surface area contributed by atoms with Gasteiger partial charge in [-0.1, -0.05) is 24.3 Å². The normalized spacial score (nSPS) is 13.2. The second-order valence-corrected chi connectivity index (χ2v) is 6.41. The van der Waals surface area contributed by atoms with E-state index in [1.54, 1.807) is 12.1 Å². The van der Waals surface area contributed by atoms with E-state index in [2.05, 4.69) is 0 Å². The van der Waals surface area contributed by atoms with Crippen LogP contribution in [0, 0.1) is 10.1 Å². The van der Waals surface area contributed by atoms with Gasteiger partial charge in [0, 0.05) is 12.1 Å². The molecule has 152 valence electrons. The highest BCUT2D eigenvalue weighted by atomic mass is 16.6. The molecule has 9 nitrogen and oxygen atoms in total. The molecule has 1 aliphatic rings. The number of hydrogen-bond acceptors (Lipinski definition) is 7. The highest BCUT2D eigenvalue weighted by Crippen LogP contribution is 2.22. The summed E-state index contributed by atoms with van der Waals surface area (Å²) in [5.74, 6) is -2.51. The predicted molar refractivity (Wildman–Crippen MR) is 105 cm³/mol. The number of Topliss-reactive ketones (excluding diaryl/α,β-unsaturated/α-hetero) is 1. The molecule has 0 unspecified atom stereocenters. The van der Waals surface area contributed by atoms with Gasteiger partial charge in [0.15, 0.2) is 5.78 Å². The van der Waals surface area contributed by atoms with Crippen LogP contribution in [0.15, 0.2) is 54.1 Å². The molecule has 3 rings (SSSR count). The lowest BCUT2D eigenvalue weighted by atomic mass is 10.1. The first-order valence-electron chi connectivity index (χ1n) is 8.89. The summed E-state index contributed by atoms with van der Waals surface area (Å²) in [6, 6.07) is 11.8. The Bertz CT molecular complexity index is 1070. The number of nitro benzene ring substituents is 1. The van der Waals surface area contributed by atoms with Crippen molar-refractivity contribution in [2.45, 2.75) is 6.92 Å². The molecule has 0 bridgehead atoms. The fraction of sp³-hybridized carbons (Fsp3) is 0.143. The lowest BCUT2D eigenvalue weighted by Crippen LogP contribution is -2.33. The summed E-state index contributed by atoms with van der Waals surface area (Å²) in [5, 5.41) is 10.9. The minimum atomic E-state index is -0.953. The molecule has 30 heavy (non-hydrogen) atoms. The Morgan fingerprint density at radius 2 is 1.70 bits per heavy atom. The van der Waals surface area contributed by atoms with Crippen LogP contribution in [-0.2, 0) is 14.3 Å². The monoisotopic (exact) mass is 408 g/mol. The maximum atomic E-state index is 12.3. The molecule has 0 saturated carbocycles. The second kappa shape index (κ2) is 8.48. The molecule has 0 fully saturated rings. The van der Waals surface area contributed by atoms with E-state index in [9.17, 15) is 29.3 Å². The Labute approximate surface area is 170 Å². The van der Waals surface area contributed by atoms with Crippen LogP contribution in [0.4, 0.5) is 5.69 Å². The van der Waals surface area contributed by atoms with Crippen LogP contribution in [-0.4, -0.2) is 46.5 Å². The van der Waals surface area contributed by atoms with Gasteiger partial charge < -0.3 is 4.74 Å². The van der Waals surface area contributed by atoms with Crippen molar-refractivity contribution in [3.8, 4) is 0 Å². The first-order chi connectivity index (χ1) is 14.3. The molecule has 0 radical (unpaired) electrons. The van der Waals surface area contributed by atoms with Crippen LogP contribution in [0.3, 0.4) is 0 Å². The van der Waals surface area contributed by atoms with Crippen molar-refractivity contribution < 1.29 is 28.8 Å². The summed E-state index contributed by atoms with van der Waals surface area (Å²) in [6.07, 6.45) is 1.19. The van der Waals surface area contributed by atoms with E-state index in [4.69, 9.17) is 4.74 Å². The number of amides is 2. The molecular weight excluding hydrogens is 392 g/mol.